The van der Waals surface area contributed by atoms with Gasteiger partial charge in [-0.3, -0.25) is 9.48 Å². The van der Waals surface area contributed by atoms with Gasteiger partial charge in [-0.05, 0) is 79.9 Å². The molecule has 5 nitrogen and oxygen atoms in total. The second-order valence-electron chi connectivity index (χ2n) is 8.75. The van der Waals surface area contributed by atoms with Crippen molar-refractivity contribution in [2.24, 2.45) is 0 Å². The molecule has 0 spiro atoms. The summed E-state index contributed by atoms with van der Waals surface area (Å²) in [6.45, 7) is 5.89. The number of hydrogen-bond acceptors (Lipinski definition) is 3. The van der Waals surface area contributed by atoms with Crippen LogP contribution >= 0.6 is 11.6 Å². The molecule has 1 N–H and O–H groups in total. The minimum atomic E-state index is -4.42. The second-order valence-corrected chi connectivity index (χ2v) is 9.16. The first-order chi connectivity index (χ1) is 17.5. The average Bonchev–Trinajstić information content (AvgIpc) is 3.12. The van der Waals surface area contributed by atoms with Gasteiger partial charge in [-0.2, -0.15) is 18.3 Å². The van der Waals surface area contributed by atoms with Gasteiger partial charge in [0, 0.05) is 10.6 Å². The first kappa shape index (κ1) is 26.3. The molecule has 0 radical (unpaired) electrons. The van der Waals surface area contributed by atoms with Crippen molar-refractivity contribution in [2.45, 2.75) is 40.1 Å². The maximum Gasteiger partial charge on any atom is 0.416 e. The number of aromatic nitrogens is 2. The minimum Gasteiger partial charge on any atom is -0.489 e. The molecule has 0 saturated heterocycles. The number of carbonyl (C=O) groups excluding carboxylic acids is 1. The topological polar surface area (TPSA) is 56.1 Å². The molecule has 192 valence electrons. The van der Waals surface area contributed by atoms with Crippen molar-refractivity contribution in [1.82, 2.24) is 9.78 Å². The van der Waals surface area contributed by atoms with Crippen molar-refractivity contribution in [3.8, 4) is 5.75 Å². The third-order valence-corrected chi connectivity index (χ3v) is 6.38. The minimum absolute atomic E-state index is 0.147. The molecule has 0 aliphatic carbocycles. The van der Waals surface area contributed by atoms with Crippen molar-refractivity contribution in [3.63, 3.8) is 0 Å². The Morgan fingerprint density at radius 3 is 2.41 bits per heavy atom. The van der Waals surface area contributed by atoms with Crippen LogP contribution in [-0.4, -0.2) is 15.7 Å². The molecular weight excluding hydrogens is 503 g/mol. The first-order valence-electron chi connectivity index (χ1n) is 11.5. The molecule has 9 heteroatoms. The van der Waals surface area contributed by atoms with Crippen LogP contribution in [0.3, 0.4) is 0 Å². The lowest BCUT2D eigenvalue weighted by molar-refractivity contribution is -0.137. The molecule has 0 saturated carbocycles. The number of hydrogen-bond donors (Lipinski definition) is 1. The van der Waals surface area contributed by atoms with Crippen molar-refractivity contribution in [2.75, 3.05) is 5.32 Å². The smallest absolute Gasteiger partial charge is 0.416 e. The van der Waals surface area contributed by atoms with E-state index >= 15 is 0 Å². The second kappa shape index (κ2) is 10.7. The normalized spacial score (nSPS) is 11.4. The average molecular weight is 528 g/mol. The molecule has 0 bridgehead atoms. The molecule has 0 aliphatic heterocycles. The molecule has 4 rings (SSSR count). The molecule has 3 aromatic carbocycles. The lowest BCUT2D eigenvalue weighted by Crippen LogP contribution is -2.13. The number of ether oxygens (including phenoxy) is 1. The molecule has 0 aliphatic rings. The number of rotatable bonds is 7. The van der Waals surface area contributed by atoms with E-state index in [1.54, 1.807) is 48.9 Å². The van der Waals surface area contributed by atoms with E-state index in [9.17, 15) is 18.0 Å². The first-order valence-corrected chi connectivity index (χ1v) is 11.9. The maximum absolute atomic E-state index is 13.1. The molecule has 1 heterocycles. The van der Waals surface area contributed by atoms with Crippen LogP contribution in [0.25, 0.3) is 0 Å². The molecule has 1 amide bonds. The van der Waals surface area contributed by atoms with E-state index in [1.807, 2.05) is 25.1 Å². The predicted molar refractivity (Wildman–Crippen MR) is 137 cm³/mol. The number of aryl methyl sites for hydroxylation is 2. The summed E-state index contributed by atoms with van der Waals surface area (Å²) in [6.07, 6.45) is -4.42. The van der Waals surface area contributed by atoms with E-state index in [-0.39, 0.29) is 12.5 Å². The third-order valence-electron chi connectivity index (χ3n) is 5.96. The van der Waals surface area contributed by atoms with Gasteiger partial charge in [0.05, 0.1) is 29.2 Å². The van der Waals surface area contributed by atoms with Crippen LogP contribution in [-0.2, 0) is 19.3 Å². The van der Waals surface area contributed by atoms with Crippen molar-refractivity contribution < 1.29 is 22.7 Å². The standard InChI is InChI=1S/C28H25ClF3N3O2/c1-17-13-24(11-12-25(17)29)37-16-20-7-9-22(10-8-20)27(36)33-26-18(2)34-35(19(26)3)15-21-5-4-6-23(14-21)28(30,31)32/h4-14H,15-16H2,1-3H3,(H,33,36). The number of amides is 1. The number of nitrogens with zero attached hydrogens (tertiary/aromatic N) is 2. The van der Waals surface area contributed by atoms with Gasteiger partial charge in [-0.25, -0.2) is 0 Å². The maximum atomic E-state index is 13.1. The van der Waals surface area contributed by atoms with Crippen molar-refractivity contribution in [3.05, 3.63) is 111 Å². The summed E-state index contributed by atoms with van der Waals surface area (Å²) in [6, 6.07) is 17.6. The van der Waals surface area contributed by atoms with Crippen LogP contribution in [0.15, 0.2) is 66.7 Å². The highest BCUT2D eigenvalue weighted by Gasteiger charge is 2.30. The summed E-state index contributed by atoms with van der Waals surface area (Å²) in [5, 5.41) is 7.97. The van der Waals surface area contributed by atoms with Crippen LogP contribution in [0.4, 0.5) is 18.9 Å². The van der Waals surface area contributed by atoms with Crippen LogP contribution < -0.4 is 10.1 Å². The summed E-state index contributed by atoms with van der Waals surface area (Å²) in [7, 11) is 0. The number of anilines is 1. The van der Waals surface area contributed by atoms with Gasteiger partial charge in [0.1, 0.15) is 12.4 Å². The van der Waals surface area contributed by atoms with Crippen molar-refractivity contribution >= 4 is 23.2 Å². The van der Waals surface area contributed by atoms with Gasteiger partial charge in [0.15, 0.2) is 0 Å². The van der Waals surface area contributed by atoms with Crippen LogP contribution in [0.2, 0.25) is 5.02 Å². The number of benzene rings is 3. The highest BCUT2D eigenvalue weighted by Crippen LogP contribution is 2.30. The Morgan fingerprint density at radius 1 is 1.00 bits per heavy atom. The summed E-state index contributed by atoms with van der Waals surface area (Å²) < 4.78 is 46.5. The van der Waals surface area contributed by atoms with Crippen LogP contribution in [0, 0.1) is 20.8 Å². The Morgan fingerprint density at radius 2 is 1.73 bits per heavy atom. The Hall–Kier alpha value is -3.78. The fourth-order valence-corrected chi connectivity index (χ4v) is 3.98. The zero-order chi connectivity index (χ0) is 26.7. The molecular formula is C28H25ClF3N3O2. The number of nitrogens with one attached hydrogen (secondary N) is 1. The van der Waals surface area contributed by atoms with Gasteiger partial charge in [0.2, 0.25) is 0 Å². The Kier molecular flexibility index (Phi) is 7.59. The molecule has 0 unspecified atom stereocenters. The van der Waals surface area contributed by atoms with Gasteiger partial charge in [-0.15, -0.1) is 0 Å². The SMILES string of the molecule is Cc1cc(OCc2ccc(C(=O)Nc3c(C)nn(Cc4cccc(C(F)(F)F)c4)c3C)cc2)ccc1Cl. The van der Waals surface area contributed by atoms with Gasteiger partial charge in [0.25, 0.3) is 5.91 Å². The highest BCUT2D eigenvalue weighted by atomic mass is 35.5. The van der Waals surface area contributed by atoms with E-state index in [4.69, 9.17) is 16.3 Å². The largest absolute Gasteiger partial charge is 0.489 e. The van der Waals surface area contributed by atoms with E-state index in [0.29, 0.717) is 45.6 Å². The molecule has 37 heavy (non-hydrogen) atoms. The zero-order valence-corrected chi connectivity index (χ0v) is 21.2. The summed E-state index contributed by atoms with van der Waals surface area (Å²) in [4.78, 5) is 12.9. The Balaban J connectivity index is 1.41. The monoisotopic (exact) mass is 527 g/mol. The predicted octanol–water partition coefficient (Wildman–Crippen LogP) is 7.36. The lowest BCUT2D eigenvalue weighted by atomic mass is 10.1. The summed E-state index contributed by atoms with van der Waals surface area (Å²) >= 11 is 6.04. The lowest BCUT2D eigenvalue weighted by Gasteiger charge is -2.11. The number of carbonyl (C=O) groups is 1. The Bertz CT molecular complexity index is 1430. The fourth-order valence-electron chi connectivity index (χ4n) is 3.86. The highest BCUT2D eigenvalue weighted by molar-refractivity contribution is 6.31. The molecule has 1 aromatic heterocycles. The molecule has 4 aromatic rings. The molecule has 0 fully saturated rings. The van der Waals surface area contributed by atoms with E-state index in [2.05, 4.69) is 10.4 Å². The number of halogens is 4. The van der Waals surface area contributed by atoms with E-state index in [0.717, 1.165) is 23.3 Å². The number of alkyl halides is 3. The summed E-state index contributed by atoms with van der Waals surface area (Å²) in [5.74, 6) is 0.391. The van der Waals surface area contributed by atoms with Gasteiger partial charge < -0.3 is 10.1 Å². The van der Waals surface area contributed by atoms with E-state index < -0.39 is 11.7 Å². The third kappa shape index (κ3) is 6.32. The van der Waals surface area contributed by atoms with Gasteiger partial charge in [-0.1, -0.05) is 35.9 Å². The Labute approximate surface area is 217 Å². The zero-order valence-electron chi connectivity index (χ0n) is 20.5. The fraction of sp³-hybridized carbons (Fsp3) is 0.214. The van der Waals surface area contributed by atoms with Crippen LogP contribution in [0.1, 0.15) is 44.0 Å². The van der Waals surface area contributed by atoms with Crippen molar-refractivity contribution in [1.29, 1.82) is 0 Å². The van der Waals surface area contributed by atoms with Gasteiger partial charge >= 0.3 is 6.18 Å². The molecule has 0 atom stereocenters. The summed E-state index contributed by atoms with van der Waals surface area (Å²) in [5.41, 5.74) is 3.77. The van der Waals surface area contributed by atoms with Crippen LogP contribution in [0.5, 0.6) is 5.75 Å². The van der Waals surface area contributed by atoms with E-state index in [1.165, 1.54) is 6.07 Å². The quantitative estimate of drug-likeness (QED) is 0.273.